The molecule has 70 valence electrons. The first-order valence-electron chi connectivity index (χ1n) is 3.91. The molecule has 0 aliphatic rings. The van der Waals surface area contributed by atoms with E-state index in [1.807, 2.05) is 30.3 Å². The van der Waals surface area contributed by atoms with Gasteiger partial charge in [0.1, 0.15) is 0 Å². The van der Waals surface area contributed by atoms with Gasteiger partial charge in [-0.1, -0.05) is 53.5 Å². The van der Waals surface area contributed by atoms with Gasteiger partial charge in [0.25, 0.3) is 0 Å². The SMILES string of the molecule is ClCC/C(Cl)=C(\Cl)c1ccccc1. The van der Waals surface area contributed by atoms with Crippen molar-refractivity contribution in [3.63, 3.8) is 0 Å². The summed E-state index contributed by atoms with van der Waals surface area (Å²) in [5.41, 5.74) is 0.930. The van der Waals surface area contributed by atoms with Crippen molar-refractivity contribution < 1.29 is 0 Å². The molecule has 3 heteroatoms. The van der Waals surface area contributed by atoms with E-state index in [4.69, 9.17) is 34.8 Å². The highest BCUT2D eigenvalue weighted by Crippen LogP contribution is 2.27. The van der Waals surface area contributed by atoms with Gasteiger partial charge in [0.15, 0.2) is 0 Å². The van der Waals surface area contributed by atoms with Crippen molar-refractivity contribution in [2.75, 3.05) is 5.88 Å². The first-order chi connectivity index (χ1) is 6.25. The Morgan fingerprint density at radius 3 is 2.23 bits per heavy atom. The lowest BCUT2D eigenvalue weighted by molar-refractivity contribution is 1.21. The maximum Gasteiger partial charge on any atom is 0.0623 e. The van der Waals surface area contributed by atoms with E-state index in [0.29, 0.717) is 22.4 Å². The van der Waals surface area contributed by atoms with Crippen LogP contribution in [0.3, 0.4) is 0 Å². The number of alkyl halides is 1. The Morgan fingerprint density at radius 2 is 1.69 bits per heavy atom. The molecule has 0 aliphatic heterocycles. The van der Waals surface area contributed by atoms with E-state index in [0.717, 1.165) is 5.56 Å². The summed E-state index contributed by atoms with van der Waals surface area (Å²) in [4.78, 5) is 0. The molecule has 0 unspecified atom stereocenters. The number of hydrogen-bond donors (Lipinski definition) is 0. The summed E-state index contributed by atoms with van der Waals surface area (Å²) in [6.45, 7) is 0. The smallest absolute Gasteiger partial charge is 0.0623 e. The average molecular weight is 236 g/mol. The summed E-state index contributed by atoms with van der Waals surface area (Å²) >= 11 is 17.5. The lowest BCUT2D eigenvalue weighted by Crippen LogP contribution is -1.82. The fourth-order valence-electron chi connectivity index (χ4n) is 0.934. The van der Waals surface area contributed by atoms with Crippen molar-refractivity contribution in [3.05, 3.63) is 40.9 Å². The molecule has 0 bridgehead atoms. The molecule has 0 radical (unpaired) electrons. The van der Waals surface area contributed by atoms with E-state index in [-0.39, 0.29) is 0 Å². The Morgan fingerprint density at radius 1 is 1.08 bits per heavy atom. The highest BCUT2D eigenvalue weighted by Gasteiger charge is 2.03. The van der Waals surface area contributed by atoms with Gasteiger partial charge >= 0.3 is 0 Å². The van der Waals surface area contributed by atoms with Gasteiger partial charge in [0, 0.05) is 10.9 Å². The van der Waals surface area contributed by atoms with Crippen LogP contribution < -0.4 is 0 Å². The molecule has 0 aliphatic carbocycles. The molecule has 0 fully saturated rings. The summed E-state index contributed by atoms with van der Waals surface area (Å²) in [6, 6.07) is 9.60. The fourth-order valence-corrected chi connectivity index (χ4v) is 1.64. The van der Waals surface area contributed by atoms with Crippen molar-refractivity contribution in [2.24, 2.45) is 0 Å². The molecular formula is C10H9Cl3. The zero-order valence-electron chi connectivity index (χ0n) is 6.93. The topological polar surface area (TPSA) is 0 Å². The van der Waals surface area contributed by atoms with Gasteiger partial charge < -0.3 is 0 Å². The molecule has 0 aromatic heterocycles. The number of rotatable bonds is 3. The third-order valence-electron chi connectivity index (χ3n) is 1.58. The Bertz CT molecular complexity index is 290. The first kappa shape index (κ1) is 10.9. The van der Waals surface area contributed by atoms with Crippen molar-refractivity contribution in [1.29, 1.82) is 0 Å². The van der Waals surface area contributed by atoms with Gasteiger partial charge in [-0.25, -0.2) is 0 Å². The number of hydrogen-bond acceptors (Lipinski definition) is 0. The first-order valence-corrected chi connectivity index (χ1v) is 5.20. The normalized spacial score (nSPS) is 12.5. The Balaban J connectivity index is 2.89. The monoisotopic (exact) mass is 234 g/mol. The molecule has 0 atom stereocenters. The highest BCUT2D eigenvalue weighted by atomic mass is 35.5. The quantitative estimate of drug-likeness (QED) is 0.679. The second kappa shape index (κ2) is 5.54. The predicted octanol–water partition coefficient (Wildman–Crippen LogP) is 4.46. The van der Waals surface area contributed by atoms with Crippen LogP contribution in [0.15, 0.2) is 35.4 Å². The average Bonchev–Trinajstić information content (AvgIpc) is 2.18. The molecule has 1 rings (SSSR count). The predicted molar refractivity (Wildman–Crippen MR) is 60.4 cm³/mol. The van der Waals surface area contributed by atoms with Gasteiger partial charge in [0.05, 0.1) is 5.03 Å². The summed E-state index contributed by atoms with van der Waals surface area (Å²) in [5, 5.41) is 1.20. The van der Waals surface area contributed by atoms with Crippen molar-refractivity contribution >= 4 is 39.8 Å². The van der Waals surface area contributed by atoms with Gasteiger partial charge in [-0.15, -0.1) is 11.6 Å². The van der Waals surface area contributed by atoms with E-state index in [2.05, 4.69) is 0 Å². The molecule has 1 aromatic carbocycles. The van der Waals surface area contributed by atoms with E-state index in [1.165, 1.54) is 0 Å². The molecule has 0 nitrogen and oxygen atoms in total. The Labute approximate surface area is 93.1 Å². The summed E-state index contributed by atoms with van der Waals surface area (Å²) < 4.78 is 0. The number of allylic oxidation sites excluding steroid dienone is 1. The molecule has 0 N–H and O–H groups in total. The zero-order chi connectivity index (χ0) is 9.68. The summed E-state index contributed by atoms with van der Waals surface area (Å²) in [6.07, 6.45) is 0.608. The van der Waals surface area contributed by atoms with Gasteiger partial charge in [-0.2, -0.15) is 0 Å². The Kier molecular flexibility index (Phi) is 4.65. The molecular weight excluding hydrogens is 226 g/mol. The highest BCUT2D eigenvalue weighted by molar-refractivity contribution is 6.54. The minimum atomic E-state index is 0.488. The van der Waals surface area contributed by atoms with Crippen molar-refractivity contribution in [1.82, 2.24) is 0 Å². The van der Waals surface area contributed by atoms with E-state index < -0.39 is 0 Å². The lowest BCUT2D eigenvalue weighted by atomic mass is 10.2. The third kappa shape index (κ3) is 3.22. The number of halogens is 3. The minimum Gasteiger partial charge on any atom is -0.126 e. The second-order valence-electron chi connectivity index (χ2n) is 2.52. The molecule has 0 spiro atoms. The van der Waals surface area contributed by atoms with Crippen molar-refractivity contribution in [2.45, 2.75) is 6.42 Å². The maximum atomic E-state index is 6.02. The zero-order valence-corrected chi connectivity index (χ0v) is 9.20. The summed E-state index contributed by atoms with van der Waals surface area (Å²) in [5.74, 6) is 0.488. The Hall–Kier alpha value is -0.170. The van der Waals surface area contributed by atoms with Crippen LogP contribution in [-0.4, -0.2) is 5.88 Å². The van der Waals surface area contributed by atoms with Crippen LogP contribution in [0.25, 0.3) is 5.03 Å². The third-order valence-corrected chi connectivity index (χ3v) is 2.69. The van der Waals surface area contributed by atoms with E-state index in [1.54, 1.807) is 0 Å². The van der Waals surface area contributed by atoms with Crippen LogP contribution in [0, 0.1) is 0 Å². The largest absolute Gasteiger partial charge is 0.126 e. The van der Waals surface area contributed by atoms with Crippen molar-refractivity contribution in [3.8, 4) is 0 Å². The van der Waals surface area contributed by atoms with Crippen LogP contribution in [0.2, 0.25) is 0 Å². The van der Waals surface area contributed by atoms with Gasteiger partial charge in [-0.05, 0) is 12.0 Å². The molecule has 1 aromatic rings. The number of benzene rings is 1. The molecule has 0 heterocycles. The van der Waals surface area contributed by atoms with E-state index >= 15 is 0 Å². The van der Waals surface area contributed by atoms with Crippen LogP contribution in [0.4, 0.5) is 0 Å². The van der Waals surface area contributed by atoms with Gasteiger partial charge in [0.2, 0.25) is 0 Å². The van der Waals surface area contributed by atoms with Crippen LogP contribution in [0.1, 0.15) is 12.0 Å². The van der Waals surface area contributed by atoms with E-state index in [9.17, 15) is 0 Å². The minimum absolute atomic E-state index is 0.488. The lowest BCUT2D eigenvalue weighted by Gasteiger charge is -2.01. The van der Waals surface area contributed by atoms with Crippen LogP contribution in [-0.2, 0) is 0 Å². The van der Waals surface area contributed by atoms with Crippen LogP contribution in [0.5, 0.6) is 0 Å². The molecule has 13 heavy (non-hydrogen) atoms. The second-order valence-corrected chi connectivity index (χ2v) is 3.74. The van der Waals surface area contributed by atoms with Crippen LogP contribution >= 0.6 is 34.8 Å². The van der Waals surface area contributed by atoms with Gasteiger partial charge in [-0.3, -0.25) is 0 Å². The molecule has 0 amide bonds. The maximum absolute atomic E-state index is 6.02. The molecule has 0 saturated heterocycles. The summed E-state index contributed by atoms with van der Waals surface area (Å²) in [7, 11) is 0. The standard InChI is InChI=1S/C10H9Cl3/c11-7-6-9(12)10(13)8-4-2-1-3-5-8/h1-5H,6-7H2/b10-9+. The fraction of sp³-hybridized carbons (Fsp3) is 0.200. The molecule has 0 saturated carbocycles.